The van der Waals surface area contributed by atoms with Gasteiger partial charge in [0.25, 0.3) is 5.69 Å². The average molecular weight is 488 g/mol. The predicted molar refractivity (Wildman–Crippen MR) is 120 cm³/mol. The molecule has 0 unspecified atom stereocenters. The summed E-state index contributed by atoms with van der Waals surface area (Å²) in [6.45, 7) is 3.63. The number of aryl methyl sites for hydroxylation is 1. The molecule has 0 atom stereocenters. The number of carbonyl (C=O) groups is 2. The number of carboxylic acid groups (broad SMARTS) is 1. The molecule has 182 valence electrons. The molecule has 0 saturated heterocycles. The molecular formula is C23H19F3N4O5. The highest BCUT2D eigenvalue weighted by molar-refractivity contribution is 5.88. The molecule has 35 heavy (non-hydrogen) atoms. The number of nitrogens with zero attached hydrogens (tertiary/aromatic N) is 3. The number of rotatable bonds is 7. The number of carboxylic acids is 1. The van der Waals surface area contributed by atoms with Crippen molar-refractivity contribution in [3.63, 3.8) is 0 Å². The third-order valence-electron chi connectivity index (χ3n) is 5.20. The number of hydrogen-bond donors (Lipinski definition) is 2. The zero-order valence-corrected chi connectivity index (χ0v) is 18.5. The number of aromatic carboxylic acids is 1. The van der Waals surface area contributed by atoms with E-state index in [0.717, 1.165) is 23.1 Å². The molecule has 1 heterocycles. The quantitative estimate of drug-likeness (QED) is 0.289. The van der Waals surface area contributed by atoms with Crippen LogP contribution in [-0.2, 0) is 17.4 Å². The van der Waals surface area contributed by atoms with Crippen LogP contribution in [0.25, 0.3) is 5.69 Å². The molecule has 0 fully saturated rings. The predicted octanol–water partition coefficient (Wildman–Crippen LogP) is 4.41. The summed E-state index contributed by atoms with van der Waals surface area (Å²) in [6.07, 6.45) is -3.93. The molecule has 1 amide bonds. The minimum atomic E-state index is -4.75. The number of carbonyl (C=O) groups excluding carboxylic acids is 1. The van der Waals surface area contributed by atoms with Gasteiger partial charge in [-0.15, -0.1) is 0 Å². The van der Waals surface area contributed by atoms with Crippen molar-refractivity contribution in [1.82, 2.24) is 9.99 Å². The van der Waals surface area contributed by atoms with Crippen molar-refractivity contribution in [3.05, 3.63) is 92.3 Å². The van der Waals surface area contributed by atoms with Gasteiger partial charge in [0.05, 0.1) is 28.7 Å². The fourth-order valence-electron chi connectivity index (χ4n) is 3.51. The Morgan fingerprint density at radius 1 is 1.14 bits per heavy atom. The van der Waals surface area contributed by atoms with E-state index in [4.69, 9.17) is 5.11 Å². The molecule has 0 radical (unpaired) electrons. The van der Waals surface area contributed by atoms with Gasteiger partial charge in [-0.1, -0.05) is 6.07 Å². The molecule has 0 aliphatic heterocycles. The molecule has 1 aromatic heterocycles. The Labute approximate surface area is 196 Å². The summed E-state index contributed by atoms with van der Waals surface area (Å²) in [4.78, 5) is 33.4. The molecule has 0 aliphatic carbocycles. The summed E-state index contributed by atoms with van der Waals surface area (Å²) >= 11 is 0. The highest BCUT2D eigenvalue weighted by Gasteiger charge is 2.33. The summed E-state index contributed by atoms with van der Waals surface area (Å²) in [5.41, 5.74) is 3.13. The smallest absolute Gasteiger partial charge is 0.416 e. The Balaban J connectivity index is 1.73. The number of amides is 1. The molecule has 0 aliphatic rings. The second-order valence-corrected chi connectivity index (χ2v) is 7.58. The van der Waals surface area contributed by atoms with E-state index >= 15 is 0 Å². The molecule has 0 bridgehead atoms. The Kier molecular flexibility index (Phi) is 7.04. The minimum absolute atomic E-state index is 0.147. The highest BCUT2D eigenvalue weighted by atomic mass is 19.4. The van der Waals surface area contributed by atoms with Gasteiger partial charge in [0.15, 0.2) is 0 Å². The molecule has 0 spiro atoms. The molecule has 9 nitrogen and oxygen atoms in total. The van der Waals surface area contributed by atoms with E-state index in [-0.39, 0.29) is 11.1 Å². The van der Waals surface area contributed by atoms with Crippen LogP contribution in [0.4, 0.5) is 18.9 Å². The second kappa shape index (κ2) is 9.79. The molecule has 2 N–H and O–H groups in total. The normalized spacial score (nSPS) is 11.6. The largest absolute Gasteiger partial charge is 0.478 e. The minimum Gasteiger partial charge on any atom is -0.478 e. The van der Waals surface area contributed by atoms with Crippen molar-refractivity contribution in [2.45, 2.75) is 26.4 Å². The third kappa shape index (κ3) is 5.72. The van der Waals surface area contributed by atoms with Crippen molar-refractivity contribution in [2.75, 3.05) is 0 Å². The van der Waals surface area contributed by atoms with Crippen molar-refractivity contribution in [2.24, 2.45) is 5.10 Å². The molecule has 0 saturated carbocycles. The Morgan fingerprint density at radius 3 is 2.37 bits per heavy atom. The monoisotopic (exact) mass is 488 g/mol. The molecule has 3 aromatic rings. The lowest BCUT2D eigenvalue weighted by molar-refractivity contribution is -0.385. The van der Waals surface area contributed by atoms with Gasteiger partial charge in [0.2, 0.25) is 5.91 Å². The van der Waals surface area contributed by atoms with Crippen molar-refractivity contribution >= 4 is 23.8 Å². The van der Waals surface area contributed by atoms with E-state index in [0.29, 0.717) is 17.7 Å². The SMILES string of the molecule is Cc1cc(C=NNC(=O)Cc2ccc(C(F)(F)F)cc2[N+](=O)[O-])c(C)n1-c1ccc(C(=O)O)cc1. The first kappa shape index (κ1) is 25.1. The average Bonchev–Trinajstić information content (AvgIpc) is 3.06. The van der Waals surface area contributed by atoms with Crippen LogP contribution in [0.15, 0.2) is 53.6 Å². The van der Waals surface area contributed by atoms with Crippen LogP contribution in [-0.4, -0.2) is 32.7 Å². The van der Waals surface area contributed by atoms with Gasteiger partial charge in [0.1, 0.15) is 0 Å². The fraction of sp³-hybridized carbons (Fsp3) is 0.174. The maximum absolute atomic E-state index is 12.8. The molecule has 3 rings (SSSR count). The van der Waals surface area contributed by atoms with Gasteiger partial charge in [-0.25, -0.2) is 10.2 Å². The van der Waals surface area contributed by atoms with Crippen LogP contribution < -0.4 is 5.43 Å². The van der Waals surface area contributed by atoms with Crippen LogP contribution >= 0.6 is 0 Å². The number of alkyl halides is 3. The number of benzene rings is 2. The Hall–Kier alpha value is -4.48. The lowest BCUT2D eigenvalue weighted by atomic mass is 10.1. The van der Waals surface area contributed by atoms with Gasteiger partial charge in [-0.2, -0.15) is 18.3 Å². The van der Waals surface area contributed by atoms with E-state index < -0.39 is 40.6 Å². The standard InChI is InChI=1S/C23H19F3N4O5/c1-13-9-17(14(2)29(13)19-7-4-15(5-8-19)22(32)33)12-27-28-21(31)10-16-3-6-18(23(24,25)26)11-20(16)30(34)35/h3-9,11-12H,10H2,1-2H3,(H,28,31)(H,32,33). The van der Waals surface area contributed by atoms with Gasteiger partial charge in [-0.05, 0) is 50.2 Å². The van der Waals surface area contributed by atoms with Crippen LogP contribution in [0.3, 0.4) is 0 Å². The number of nitro groups is 1. The summed E-state index contributed by atoms with van der Waals surface area (Å²) < 4.78 is 40.3. The lowest BCUT2D eigenvalue weighted by Gasteiger charge is -2.10. The second-order valence-electron chi connectivity index (χ2n) is 7.58. The first-order valence-electron chi connectivity index (χ1n) is 10.1. The summed E-state index contributed by atoms with van der Waals surface area (Å²) in [6, 6.07) is 10.0. The lowest BCUT2D eigenvalue weighted by Crippen LogP contribution is -2.20. The topological polar surface area (TPSA) is 127 Å². The van der Waals surface area contributed by atoms with E-state index in [9.17, 15) is 32.9 Å². The van der Waals surface area contributed by atoms with Gasteiger partial charge in [0, 0.05) is 34.3 Å². The highest BCUT2D eigenvalue weighted by Crippen LogP contribution is 2.33. The molecular weight excluding hydrogens is 469 g/mol. The number of hydrazone groups is 1. The zero-order valence-electron chi connectivity index (χ0n) is 18.5. The number of hydrogen-bond acceptors (Lipinski definition) is 5. The number of nitro benzene ring substituents is 1. The first-order valence-corrected chi connectivity index (χ1v) is 10.1. The van der Waals surface area contributed by atoms with Crippen molar-refractivity contribution in [3.8, 4) is 5.69 Å². The van der Waals surface area contributed by atoms with E-state index in [1.54, 1.807) is 25.1 Å². The number of nitrogens with one attached hydrogen (secondary N) is 1. The van der Waals surface area contributed by atoms with Crippen LogP contribution in [0.2, 0.25) is 0 Å². The summed E-state index contributed by atoms with van der Waals surface area (Å²) in [5, 5.41) is 24.1. The Bertz CT molecular complexity index is 1330. The summed E-state index contributed by atoms with van der Waals surface area (Å²) in [5.74, 6) is -1.79. The Morgan fingerprint density at radius 2 is 1.80 bits per heavy atom. The molecule has 2 aromatic carbocycles. The van der Waals surface area contributed by atoms with E-state index in [1.807, 2.05) is 11.5 Å². The zero-order chi connectivity index (χ0) is 25.9. The van der Waals surface area contributed by atoms with Gasteiger partial charge in [-0.3, -0.25) is 14.9 Å². The van der Waals surface area contributed by atoms with Crippen LogP contribution in [0.1, 0.15) is 38.4 Å². The van der Waals surface area contributed by atoms with Gasteiger partial charge >= 0.3 is 12.1 Å². The van der Waals surface area contributed by atoms with Crippen molar-refractivity contribution in [1.29, 1.82) is 0 Å². The van der Waals surface area contributed by atoms with E-state index in [2.05, 4.69) is 10.5 Å². The van der Waals surface area contributed by atoms with Gasteiger partial charge < -0.3 is 9.67 Å². The summed E-state index contributed by atoms with van der Waals surface area (Å²) in [7, 11) is 0. The third-order valence-corrected chi connectivity index (χ3v) is 5.20. The van der Waals surface area contributed by atoms with Crippen molar-refractivity contribution < 1.29 is 32.8 Å². The first-order chi connectivity index (χ1) is 16.4. The molecule has 12 heteroatoms. The van der Waals surface area contributed by atoms with Crippen LogP contribution in [0.5, 0.6) is 0 Å². The van der Waals surface area contributed by atoms with E-state index in [1.165, 1.54) is 18.3 Å². The maximum atomic E-state index is 12.8. The number of aromatic nitrogens is 1. The van der Waals surface area contributed by atoms with Crippen LogP contribution in [0, 0.1) is 24.0 Å². The maximum Gasteiger partial charge on any atom is 0.416 e. The fourth-order valence-corrected chi connectivity index (χ4v) is 3.51. The number of halogens is 3.